The Bertz CT molecular complexity index is 1570. The summed E-state index contributed by atoms with van der Waals surface area (Å²) in [6, 6.07) is 19.1. The summed E-state index contributed by atoms with van der Waals surface area (Å²) >= 11 is 6.41. The third-order valence-corrected chi connectivity index (χ3v) is 7.99. The first-order valence-electron chi connectivity index (χ1n) is 11.0. The van der Waals surface area contributed by atoms with E-state index in [4.69, 9.17) is 11.6 Å². The molecule has 1 aliphatic rings. The van der Waals surface area contributed by atoms with E-state index in [1.165, 1.54) is 4.31 Å². The van der Waals surface area contributed by atoms with Crippen LogP contribution in [0.15, 0.2) is 77.2 Å². The fourth-order valence-corrected chi connectivity index (χ4v) is 5.58. The van der Waals surface area contributed by atoms with Gasteiger partial charge in [0, 0.05) is 24.2 Å². The zero-order valence-electron chi connectivity index (χ0n) is 19.1. The van der Waals surface area contributed by atoms with Gasteiger partial charge in [0.25, 0.3) is 5.91 Å². The van der Waals surface area contributed by atoms with E-state index < -0.39 is 15.9 Å². The Kier molecular flexibility index (Phi) is 6.40. The van der Waals surface area contributed by atoms with E-state index in [2.05, 4.69) is 25.9 Å². The first-order chi connectivity index (χ1) is 17.3. The second-order valence-electron chi connectivity index (χ2n) is 8.31. The van der Waals surface area contributed by atoms with Gasteiger partial charge in [-0.25, -0.2) is 8.42 Å². The standard InChI is InChI=1S/C25H21ClN6O3S/c1-16-9-11-20(12-10-16)36(34,35)32-14-18-6-3-2-5-17(18)13-19(15-32)25(33)27-23-21(7-4-8-22(23)26)24-28-30-31-29-24/h2-13H,14-15H2,1H3,(H,27,33)(H,28,29,30,31). The van der Waals surface area contributed by atoms with E-state index in [0.717, 1.165) is 16.7 Å². The van der Waals surface area contributed by atoms with Crippen LogP contribution in [0.2, 0.25) is 5.02 Å². The predicted molar refractivity (Wildman–Crippen MR) is 136 cm³/mol. The number of carbonyl (C=O) groups is 1. The molecule has 0 atom stereocenters. The third kappa shape index (κ3) is 4.66. The van der Waals surface area contributed by atoms with Gasteiger partial charge in [-0.15, -0.1) is 10.2 Å². The highest BCUT2D eigenvalue weighted by Gasteiger charge is 2.30. The monoisotopic (exact) mass is 520 g/mol. The number of fused-ring (bicyclic) bond motifs is 1. The molecule has 2 N–H and O–H groups in total. The molecule has 1 aromatic heterocycles. The number of aryl methyl sites for hydroxylation is 1. The molecule has 0 aliphatic carbocycles. The molecular formula is C25H21ClN6O3S. The SMILES string of the molecule is Cc1ccc(S(=O)(=O)N2CC(C(=O)Nc3c(Cl)cccc3-c3nn[nH]n3)=Cc3ccccc3C2)cc1. The molecule has 2 heterocycles. The summed E-state index contributed by atoms with van der Waals surface area (Å²) in [5.41, 5.74) is 3.55. The summed E-state index contributed by atoms with van der Waals surface area (Å²) in [6.07, 6.45) is 1.71. The van der Waals surface area contributed by atoms with Gasteiger partial charge in [0.1, 0.15) is 0 Å². The Morgan fingerprint density at radius 3 is 2.56 bits per heavy atom. The number of carbonyl (C=O) groups excluding carboxylic acids is 1. The maximum absolute atomic E-state index is 13.6. The normalized spacial score (nSPS) is 14.0. The Morgan fingerprint density at radius 2 is 1.81 bits per heavy atom. The quantitative estimate of drug-likeness (QED) is 0.409. The van der Waals surface area contributed by atoms with Gasteiger partial charge in [0.05, 0.1) is 15.6 Å². The molecule has 0 radical (unpaired) electrons. The van der Waals surface area contributed by atoms with E-state index in [9.17, 15) is 13.2 Å². The van der Waals surface area contributed by atoms with Crippen LogP contribution in [0.5, 0.6) is 0 Å². The van der Waals surface area contributed by atoms with Crippen molar-refractivity contribution >= 4 is 39.3 Å². The summed E-state index contributed by atoms with van der Waals surface area (Å²) in [4.78, 5) is 13.7. The minimum atomic E-state index is -3.88. The van der Waals surface area contributed by atoms with Gasteiger partial charge in [-0.3, -0.25) is 4.79 Å². The van der Waals surface area contributed by atoms with E-state index in [0.29, 0.717) is 11.3 Å². The Labute approximate surface area is 212 Å². The van der Waals surface area contributed by atoms with Gasteiger partial charge in [-0.05, 0) is 53.6 Å². The van der Waals surface area contributed by atoms with Gasteiger partial charge in [0.2, 0.25) is 15.8 Å². The van der Waals surface area contributed by atoms with E-state index in [-0.39, 0.29) is 34.4 Å². The van der Waals surface area contributed by atoms with Gasteiger partial charge in [-0.1, -0.05) is 59.6 Å². The third-order valence-electron chi connectivity index (χ3n) is 5.87. The summed E-state index contributed by atoms with van der Waals surface area (Å²) in [5, 5.41) is 17.0. The van der Waals surface area contributed by atoms with Crippen LogP contribution in [0.1, 0.15) is 16.7 Å². The van der Waals surface area contributed by atoms with E-state index in [1.807, 2.05) is 31.2 Å². The Morgan fingerprint density at radius 1 is 1.03 bits per heavy atom. The van der Waals surface area contributed by atoms with Gasteiger partial charge in [-0.2, -0.15) is 9.52 Å². The zero-order valence-corrected chi connectivity index (χ0v) is 20.7. The molecule has 0 saturated heterocycles. The molecule has 36 heavy (non-hydrogen) atoms. The molecule has 5 rings (SSSR count). The molecule has 0 fully saturated rings. The van der Waals surface area contributed by atoms with Crippen molar-refractivity contribution in [1.82, 2.24) is 24.9 Å². The lowest BCUT2D eigenvalue weighted by molar-refractivity contribution is -0.112. The zero-order chi connectivity index (χ0) is 25.3. The number of sulfonamides is 1. The maximum Gasteiger partial charge on any atom is 0.253 e. The molecule has 0 spiro atoms. The number of H-pyrrole nitrogens is 1. The van der Waals surface area contributed by atoms with Crippen molar-refractivity contribution in [3.63, 3.8) is 0 Å². The first kappa shape index (κ1) is 23.9. The van der Waals surface area contributed by atoms with E-state index in [1.54, 1.807) is 48.5 Å². The minimum Gasteiger partial charge on any atom is -0.320 e. The van der Waals surface area contributed by atoms with Gasteiger partial charge in [0.15, 0.2) is 0 Å². The average molecular weight is 521 g/mol. The predicted octanol–water partition coefficient (Wildman–Crippen LogP) is 4.06. The van der Waals surface area contributed by atoms with Crippen LogP contribution in [0.25, 0.3) is 17.5 Å². The molecule has 182 valence electrons. The van der Waals surface area contributed by atoms with E-state index >= 15 is 0 Å². The second-order valence-corrected chi connectivity index (χ2v) is 10.7. The lowest BCUT2D eigenvalue weighted by Gasteiger charge is -2.22. The fourth-order valence-electron chi connectivity index (χ4n) is 3.96. The largest absolute Gasteiger partial charge is 0.320 e. The molecule has 11 heteroatoms. The number of aromatic amines is 1. The number of tetrazole rings is 1. The smallest absolute Gasteiger partial charge is 0.253 e. The van der Waals surface area contributed by atoms with Crippen molar-refractivity contribution in [3.05, 3.63) is 94.0 Å². The topological polar surface area (TPSA) is 121 Å². The van der Waals surface area contributed by atoms with Crippen LogP contribution in [-0.2, 0) is 21.4 Å². The van der Waals surface area contributed by atoms with Gasteiger partial charge >= 0.3 is 0 Å². The van der Waals surface area contributed by atoms with Crippen molar-refractivity contribution in [2.24, 2.45) is 0 Å². The summed E-state index contributed by atoms with van der Waals surface area (Å²) in [5.74, 6) is -0.231. The number of hydrogen-bond donors (Lipinski definition) is 2. The minimum absolute atomic E-state index is 0.125. The summed E-state index contributed by atoms with van der Waals surface area (Å²) in [7, 11) is -3.88. The van der Waals surface area contributed by atoms with Crippen LogP contribution in [0, 0.1) is 6.92 Å². The number of nitrogens with zero attached hydrogens (tertiary/aromatic N) is 4. The number of hydrogen-bond acceptors (Lipinski definition) is 6. The summed E-state index contributed by atoms with van der Waals surface area (Å²) < 4.78 is 28.4. The molecule has 0 saturated carbocycles. The fraction of sp³-hybridized carbons (Fsp3) is 0.120. The average Bonchev–Trinajstić information content (AvgIpc) is 3.32. The lowest BCUT2D eigenvalue weighted by atomic mass is 10.1. The number of benzene rings is 3. The molecular weight excluding hydrogens is 500 g/mol. The van der Waals surface area contributed by atoms with Crippen molar-refractivity contribution in [2.75, 3.05) is 11.9 Å². The number of aromatic nitrogens is 4. The van der Waals surface area contributed by atoms with Crippen molar-refractivity contribution in [3.8, 4) is 11.4 Å². The number of nitrogens with one attached hydrogen (secondary N) is 2. The Balaban J connectivity index is 1.53. The van der Waals surface area contributed by atoms with Crippen LogP contribution >= 0.6 is 11.6 Å². The molecule has 0 bridgehead atoms. The highest BCUT2D eigenvalue weighted by atomic mass is 35.5. The van der Waals surface area contributed by atoms with Crippen LogP contribution < -0.4 is 5.32 Å². The maximum atomic E-state index is 13.6. The number of rotatable bonds is 5. The highest BCUT2D eigenvalue weighted by Crippen LogP contribution is 2.33. The molecule has 3 aromatic carbocycles. The molecule has 0 unspecified atom stereocenters. The van der Waals surface area contributed by atoms with Crippen molar-refractivity contribution in [2.45, 2.75) is 18.4 Å². The second kappa shape index (κ2) is 9.65. The number of halogens is 1. The van der Waals surface area contributed by atoms with Crippen molar-refractivity contribution < 1.29 is 13.2 Å². The van der Waals surface area contributed by atoms with Gasteiger partial charge < -0.3 is 5.32 Å². The number of amides is 1. The molecule has 1 amide bonds. The number of anilines is 1. The Hall–Kier alpha value is -3.86. The van der Waals surface area contributed by atoms with Crippen molar-refractivity contribution in [1.29, 1.82) is 0 Å². The van der Waals surface area contributed by atoms with Crippen LogP contribution in [0.4, 0.5) is 5.69 Å². The van der Waals surface area contributed by atoms with Crippen LogP contribution in [-0.4, -0.2) is 45.8 Å². The lowest BCUT2D eigenvalue weighted by Crippen LogP contribution is -2.34. The van der Waals surface area contributed by atoms with Crippen LogP contribution in [0.3, 0.4) is 0 Å². The molecule has 9 nitrogen and oxygen atoms in total. The number of para-hydroxylation sites is 1. The summed E-state index contributed by atoms with van der Waals surface area (Å²) in [6.45, 7) is 1.89. The first-order valence-corrected chi connectivity index (χ1v) is 12.8. The molecule has 1 aliphatic heterocycles. The molecule has 4 aromatic rings. The highest BCUT2D eigenvalue weighted by molar-refractivity contribution is 7.89.